The second-order valence-electron chi connectivity index (χ2n) is 4.88. The number of ether oxygens (including phenoxy) is 3. The van der Waals surface area contributed by atoms with Crippen molar-refractivity contribution in [2.45, 2.75) is 37.3 Å². The second-order valence-corrected chi connectivity index (χ2v) is 5.76. The van der Waals surface area contributed by atoms with Crippen molar-refractivity contribution in [2.75, 3.05) is 11.5 Å². The fraction of sp³-hybridized carbons (Fsp3) is 0.571. The molecule has 2 rings (SSSR count). The van der Waals surface area contributed by atoms with E-state index in [4.69, 9.17) is 19.7 Å². The second kappa shape index (κ2) is 8.66. The molecule has 0 amide bonds. The zero-order chi connectivity index (χ0) is 15.9. The van der Waals surface area contributed by atoms with E-state index in [-0.39, 0.29) is 0 Å². The normalized spacial score (nSPS) is 31.5. The first-order valence-corrected chi connectivity index (χ1v) is 8.35. The number of aliphatic hydroxyl groups is 1. The summed E-state index contributed by atoms with van der Waals surface area (Å²) in [6, 6.07) is 8.86. The number of rotatable bonds is 6. The molecule has 5 atom stereocenters. The average molecular weight is 419 g/mol. The van der Waals surface area contributed by atoms with E-state index in [1.807, 2.05) is 30.3 Å². The first-order valence-electron chi connectivity index (χ1n) is 6.83. The molecular formula is C14H18IN3O4. The molecule has 7 nitrogen and oxygen atoms in total. The number of aliphatic hydroxyl groups excluding tert-OH is 1. The number of halogens is 1. The third-order valence-corrected chi connectivity index (χ3v) is 4.36. The predicted molar refractivity (Wildman–Crippen MR) is 88.5 cm³/mol. The molecule has 0 aliphatic carbocycles. The number of alkyl halides is 1. The Balaban J connectivity index is 2.15. The van der Waals surface area contributed by atoms with Crippen LogP contribution >= 0.6 is 22.6 Å². The maximum atomic E-state index is 10.4. The van der Waals surface area contributed by atoms with Gasteiger partial charge in [0.25, 0.3) is 0 Å². The summed E-state index contributed by atoms with van der Waals surface area (Å²) < 4.78 is 17.3. The van der Waals surface area contributed by atoms with Crippen molar-refractivity contribution in [1.29, 1.82) is 0 Å². The van der Waals surface area contributed by atoms with E-state index in [9.17, 15) is 5.11 Å². The lowest BCUT2D eigenvalue weighted by Gasteiger charge is -2.41. The van der Waals surface area contributed by atoms with Crippen molar-refractivity contribution in [3.63, 3.8) is 0 Å². The Kier molecular flexibility index (Phi) is 6.87. The maximum Gasteiger partial charge on any atom is 0.168 e. The lowest BCUT2D eigenvalue weighted by molar-refractivity contribution is -0.254. The van der Waals surface area contributed by atoms with Crippen LogP contribution in [-0.4, -0.2) is 47.3 Å². The highest BCUT2D eigenvalue weighted by Crippen LogP contribution is 2.28. The minimum Gasteiger partial charge on any atom is -0.388 e. The molecule has 1 aliphatic rings. The van der Waals surface area contributed by atoms with E-state index in [0.29, 0.717) is 11.0 Å². The smallest absolute Gasteiger partial charge is 0.168 e. The Hall–Kier alpha value is -0.900. The van der Waals surface area contributed by atoms with Crippen LogP contribution in [0.5, 0.6) is 0 Å². The first-order chi connectivity index (χ1) is 10.7. The molecule has 120 valence electrons. The van der Waals surface area contributed by atoms with Crippen molar-refractivity contribution in [3.05, 3.63) is 46.3 Å². The summed E-state index contributed by atoms with van der Waals surface area (Å²) >= 11 is 2.13. The monoisotopic (exact) mass is 419 g/mol. The van der Waals surface area contributed by atoms with Crippen LogP contribution in [0.2, 0.25) is 0 Å². The summed E-state index contributed by atoms with van der Waals surface area (Å²) in [6.07, 6.45) is -2.74. The molecule has 0 saturated carbocycles. The van der Waals surface area contributed by atoms with Gasteiger partial charge in [0.05, 0.1) is 18.8 Å². The van der Waals surface area contributed by atoms with E-state index < -0.39 is 30.6 Å². The van der Waals surface area contributed by atoms with Crippen molar-refractivity contribution in [3.8, 4) is 0 Å². The van der Waals surface area contributed by atoms with Crippen LogP contribution in [0.4, 0.5) is 0 Å². The Morgan fingerprint density at radius 1 is 1.41 bits per heavy atom. The molecule has 22 heavy (non-hydrogen) atoms. The number of azide groups is 1. The van der Waals surface area contributed by atoms with Gasteiger partial charge in [-0.05, 0) is 11.1 Å². The van der Waals surface area contributed by atoms with Crippen LogP contribution in [-0.2, 0) is 20.8 Å². The molecule has 8 heteroatoms. The van der Waals surface area contributed by atoms with Crippen molar-refractivity contribution < 1.29 is 19.3 Å². The van der Waals surface area contributed by atoms with Gasteiger partial charge >= 0.3 is 0 Å². The zero-order valence-corrected chi connectivity index (χ0v) is 14.2. The highest BCUT2D eigenvalue weighted by molar-refractivity contribution is 14.1. The maximum absolute atomic E-state index is 10.4. The van der Waals surface area contributed by atoms with Crippen LogP contribution in [0.3, 0.4) is 0 Å². The fourth-order valence-corrected chi connectivity index (χ4v) is 3.10. The molecule has 1 fully saturated rings. The van der Waals surface area contributed by atoms with Gasteiger partial charge in [0.15, 0.2) is 6.29 Å². The van der Waals surface area contributed by atoms with Crippen molar-refractivity contribution in [1.82, 2.24) is 0 Å². The molecule has 1 saturated heterocycles. The SMILES string of the molecule is CO[C@H]1O[C@H](CI)[C@@H](O)[C@H](OCc2ccccc2)[C@H]1N=[N+]=[N-]. The summed E-state index contributed by atoms with van der Waals surface area (Å²) in [4.78, 5) is 2.82. The topological polar surface area (TPSA) is 96.7 Å². The summed E-state index contributed by atoms with van der Waals surface area (Å²) in [5.74, 6) is 0. The molecule has 0 spiro atoms. The van der Waals surface area contributed by atoms with Gasteiger partial charge in [0.2, 0.25) is 0 Å². The van der Waals surface area contributed by atoms with Gasteiger partial charge in [-0.3, -0.25) is 0 Å². The third kappa shape index (κ3) is 4.09. The average Bonchev–Trinajstić information content (AvgIpc) is 2.56. The standard InChI is InChI=1S/C14H18IN3O4/c1-20-14-11(17-18-16)13(12(19)10(7-15)22-14)21-8-9-5-3-2-4-6-9/h2-6,10-14,19H,7-8H2,1H3/t10-,11-,12-,13-,14+/m1/s1. The molecule has 0 unspecified atom stereocenters. The van der Waals surface area contributed by atoms with Crippen LogP contribution in [0.1, 0.15) is 5.56 Å². The highest BCUT2D eigenvalue weighted by Gasteiger charge is 2.45. The lowest BCUT2D eigenvalue weighted by Crippen LogP contribution is -2.58. The molecule has 1 heterocycles. The number of benzene rings is 1. The molecule has 0 aromatic heterocycles. The Bertz CT molecular complexity index is 512. The Morgan fingerprint density at radius 2 is 2.14 bits per heavy atom. The molecule has 1 N–H and O–H groups in total. The highest BCUT2D eigenvalue weighted by atomic mass is 127. The van der Waals surface area contributed by atoms with E-state index in [0.717, 1.165) is 5.56 Å². The summed E-state index contributed by atoms with van der Waals surface area (Å²) in [7, 11) is 1.47. The minimum absolute atomic E-state index is 0.310. The van der Waals surface area contributed by atoms with E-state index in [1.54, 1.807) is 0 Å². The number of methoxy groups -OCH3 is 1. The van der Waals surface area contributed by atoms with E-state index in [2.05, 4.69) is 32.6 Å². The number of hydrogen-bond acceptors (Lipinski definition) is 5. The first kappa shape index (κ1) is 17.5. The van der Waals surface area contributed by atoms with Crippen LogP contribution in [0, 0.1) is 0 Å². The largest absolute Gasteiger partial charge is 0.388 e. The fourth-order valence-electron chi connectivity index (χ4n) is 2.37. The lowest BCUT2D eigenvalue weighted by atomic mass is 9.98. The van der Waals surface area contributed by atoms with Gasteiger partial charge in [-0.15, -0.1) is 0 Å². The Labute approximate surface area is 142 Å². The van der Waals surface area contributed by atoms with E-state index in [1.165, 1.54) is 7.11 Å². The summed E-state index contributed by atoms with van der Waals surface area (Å²) in [6.45, 7) is 0.310. The van der Waals surface area contributed by atoms with Gasteiger partial charge in [0.1, 0.15) is 12.1 Å². The summed E-state index contributed by atoms with van der Waals surface area (Å²) in [5.41, 5.74) is 9.73. The predicted octanol–water partition coefficient (Wildman–Crippen LogP) is 2.42. The van der Waals surface area contributed by atoms with Crippen LogP contribution < -0.4 is 0 Å². The number of nitrogens with zero attached hydrogens (tertiary/aromatic N) is 3. The van der Waals surface area contributed by atoms with Gasteiger partial charge < -0.3 is 19.3 Å². The van der Waals surface area contributed by atoms with Crippen LogP contribution in [0.25, 0.3) is 10.4 Å². The van der Waals surface area contributed by atoms with Crippen molar-refractivity contribution >= 4 is 22.6 Å². The van der Waals surface area contributed by atoms with E-state index >= 15 is 0 Å². The molecule has 0 radical (unpaired) electrons. The third-order valence-electron chi connectivity index (χ3n) is 3.50. The minimum atomic E-state index is -0.887. The van der Waals surface area contributed by atoms with Crippen molar-refractivity contribution in [2.24, 2.45) is 5.11 Å². The van der Waals surface area contributed by atoms with Gasteiger partial charge in [-0.25, -0.2) is 0 Å². The number of hydrogen-bond donors (Lipinski definition) is 1. The zero-order valence-electron chi connectivity index (χ0n) is 12.1. The van der Waals surface area contributed by atoms with Gasteiger partial charge in [0, 0.05) is 16.4 Å². The molecule has 1 aromatic rings. The molecule has 1 aromatic carbocycles. The molecule has 1 aliphatic heterocycles. The van der Waals surface area contributed by atoms with Crippen LogP contribution in [0.15, 0.2) is 35.4 Å². The van der Waals surface area contributed by atoms with Gasteiger partial charge in [-0.1, -0.05) is 58.0 Å². The quantitative estimate of drug-likeness (QED) is 0.252. The molecular weight excluding hydrogens is 401 g/mol. The Morgan fingerprint density at radius 3 is 2.73 bits per heavy atom. The summed E-state index contributed by atoms with van der Waals surface area (Å²) in [5, 5.41) is 14.1. The van der Waals surface area contributed by atoms with Gasteiger partial charge in [-0.2, -0.15) is 0 Å². The molecule has 0 bridgehead atoms.